The summed E-state index contributed by atoms with van der Waals surface area (Å²) in [4.78, 5) is 26.1. The number of nitrogens with zero attached hydrogens (tertiary/aromatic N) is 3. The van der Waals surface area contributed by atoms with Crippen molar-refractivity contribution in [2.45, 2.75) is 58.9 Å². The lowest BCUT2D eigenvalue weighted by atomic mass is 9.70. The van der Waals surface area contributed by atoms with E-state index in [2.05, 4.69) is 16.5 Å². The van der Waals surface area contributed by atoms with Gasteiger partial charge in [0.25, 0.3) is 0 Å². The lowest BCUT2D eigenvalue weighted by Gasteiger charge is -2.46. The van der Waals surface area contributed by atoms with Crippen molar-refractivity contribution in [2.75, 3.05) is 13.6 Å². The van der Waals surface area contributed by atoms with Gasteiger partial charge in [-0.2, -0.15) is 5.10 Å². The summed E-state index contributed by atoms with van der Waals surface area (Å²) in [6, 6.07) is 2.02. The molecule has 25 heavy (non-hydrogen) atoms. The van der Waals surface area contributed by atoms with Crippen LogP contribution in [0.15, 0.2) is 17.8 Å². The third-order valence-electron chi connectivity index (χ3n) is 5.57. The molecule has 3 rings (SSSR count). The number of carbonyl (C=O) groups is 2. The molecule has 1 aromatic heterocycles. The van der Waals surface area contributed by atoms with Gasteiger partial charge in [-0.25, -0.2) is 0 Å². The van der Waals surface area contributed by atoms with E-state index in [1.54, 1.807) is 4.90 Å². The molecule has 0 aromatic carbocycles. The molecule has 1 aliphatic heterocycles. The van der Waals surface area contributed by atoms with Gasteiger partial charge in [0, 0.05) is 49.8 Å². The summed E-state index contributed by atoms with van der Waals surface area (Å²) in [7, 11) is 1.86. The second-order valence-electron chi connectivity index (χ2n) is 7.39. The molecule has 2 aliphatic rings. The molecule has 1 fully saturated rings. The van der Waals surface area contributed by atoms with E-state index in [-0.39, 0.29) is 17.2 Å². The summed E-state index contributed by atoms with van der Waals surface area (Å²) in [6.45, 7) is 5.18. The third kappa shape index (κ3) is 3.62. The Kier molecular flexibility index (Phi) is 4.97. The summed E-state index contributed by atoms with van der Waals surface area (Å²) in [6.07, 6.45) is 7.17. The average Bonchev–Trinajstić information content (AvgIpc) is 2.92. The van der Waals surface area contributed by atoms with Gasteiger partial charge in [0.15, 0.2) is 0 Å². The number of hydrogen-bond donors (Lipinski definition) is 1. The van der Waals surface area contributed by atoms with E-state index < -0.39 is 0 Å². The quantitative estimate of drug-likeness (QED) is 0.891. The van der Waals surface area contributed by atoms with Gasteiger partial charge >= 0.3 is 0 Å². The number of aryl methyl sites for hydroxylation is 3. The van der Waals surface area contributed by atoms with Crippen molar-refractivity contribution < 1.29 is 9.59 Å². The molecule has 0 bridgehead atoms. The highest BCUT2D eigenvalue weighted by Gasteiger charge is 2.43. The van der Waals surface area contributed by atoms with Crippen LogP contribution in [-0.4, -0.2) is 40.1 Å². The van der Waals surface area contributed by atoms with Crippen LogP contribution in [0.5, 0.6) is 0 Å². The number of piperidine rings is 1. The Labute approximate surface area is 149 Å². The molecule has 1 aromatic rings. The minimum Gasteiger partial charge on any atom is -0.355 e. The van der Waals surface area contributed by atoms with Crippen molar-refractivity contribution in [3.05, 3.63) is 29.2 Å². The highest BCUT2D eigenvalue weighted by molar-refractivity contribution is 5.80. The summed E-state index contributed by atoms with van der Waals surface area (Å²) >= 11 is 0. The number of aromatic nitrogens is 2. The Hall–Kier alpha value is -2.11. The first-order valence-corrected chi connectivity index (χ1v) is 9.16. The van der Waals surface area contributed by atoms with Crippen molar-refractivity contribution in [3.8, 4) is 0 Å². The van der Waals surface area contributed by atoms with Crippen molar-refractivity contribution in [1.29, 1.82) is 0 Å². The molecule has 6 heteroatoms. The number of rotatable bonds is 5. The zero-order valence-electron chi connectivity index (χ0n) is 15.5. The summed E-state index contributed by atoms with van der Waals surface area (Å²) in [5, 5.41) is 7.51. The Balaban J connectivity index is 1.59. The van der Waals surface area contributed by atoms with E-state index in [1.807, 2.05) is 31.6 Å². The van der Waals surface area contributed by atoms with Gasteiger partial charge < -0.3 is 10.2 Å². The van der Waals surface area contributed by atoms with E-state index in [4.69, 9.17) is 0 Å². The van der Waals surface area contributed by atoms with E-state index in [0.717, 1.165) is 42.8 Å². The summed E-state index contributed by atoms with van der Waals surface area (Å²) < 4.78 is 1.88. The summed E-state index contributed by atoms with van der Waals surface area (Å²) in [5.41, 5.74) is 3.08. The number of fused-ring (bicyclic) bond motifs is 1. The van der Waals surface area contributed by atoms with Crippen LogP contribution >= 0.6 is 0 Å². The molecule has 0 radical (unpaired) electrons. The van der Waals surface area contributed by atoms with Gasteiger partial charge in [-0.3, -0.25) is 14.3 Å². The van der Waals surface area contributed by atoms with E-state index >= 15 is 0 Å². The first-order chi connectivity index (χ1) is 11.9. The minimum absolute atomic E-state index is 0.0476. The second-order valence-corrected chi connectivity index (χ2v) is 7.39. The number of carbonyl (C=O) groups excluding carboxylic acids is 2. The number of hydrogen-bond acceptors (Lipinski definition) is 3. The van der Waals surface area contributed by atoms with Gasteiger partial charge in [0.1, 0.15) is 0 Å². The van der Waals surface area contributed by atoms with Crippen molar-refractivity contribution >= 4 is 11.8 Å². The van der Waals surface area contributed by atoms with Crippen LogP contribution in [0.2, 0.25) is 0 Å². The van der Waals surface area contributed by atoms with Crippen LogP contribution in [0.3, 0.4) is 0 Å². The maximum absolute atomic E-state index is 12.3. The number of amides is 2. The molecular weight excluding hydrogens is 316 g/mol. The topological polar surface area (TPSA) is 67.2 Å². The zero-order chi connectivity index (χ0) is 18.0. The fourth-order valence-electron chi connectivity index (χ4n) is 4.15. The number of allylic oxidation sites excluding steroid dienone is 1. The van der Waals surface area contributed by atoms with Gasteiger partial charge in [-0.1, -0.05) is 6.08 Å². The molecular formula is C19H28N4O2. The van der Waals surface area contributed by atoms with Crippen molar-refractivity contribution in [2.24, 2.45) is 5.41 Å². The van der Waals surface area contributed by atoms with E-state index in [0.29, 0.717) is 25.9 Å². The van der Waals surface area contributed by atoms with Gasteiger partial charge in [-0.15, -0.1) is 0 Å². The lowest BCUT2D eigenvalue weighted by Crippen LogP contribution is -2.49. The monoisotopic (exact) mass is 344 g/mol. The van der Waals surface area contributed by atoms with Gasteiger partial charge in [0.2, 0.25) is 11.8 Å². The van der Waals surface area contributed by atoms with Gasteiger partial charge in [0.05, 0.1) is 5.69 Å². The fourth-order valence-corrected chi connectivity index (χ4v) is 4.15. The predicted molar refractivity (Wildman–Crippen MR) is 95.7 cm³/mol. The first-order valence-electron chi connectivity index (χ1n) is 9.16. The molecule has 0 saturated carbocycles. The van der Waals surface area contributed by atoms with Crippen LogP contribution < -0.4 is 5.32 Å². The number of likely N-dealkylation sites (tertiary alicyclic amines) is 1. The molecule has 1 aliphatic carbocycles. The van der Waals surface area contributed by atoms with E-state index in [1.165, 1.54) is 0 Å². The largest absolute Gasteiger partial charge is 0.355 e. The molecule has 6 nitrogen and oxygen atoms in total. The molecule has 136 valence electrons. The fraction of sp³-hybridized carbons (Fsp3) is 0.632. The molecule has 1 atom stereocenters. The van der Waals surface area contributed by atoms with Crippen LogP contribution in [0.25, 0.3) is 0 Å². The van der Waals surface area contributed by atoms with E-state index in [9.17, 15) is 9.59 Å². The van der Waals surface area contributed by atoms with Crippen LogP contribution in [0.4, 0.5) is 0 Å². The van der Waals surface area contributed by atoms with Crippen molar-refractivity contribution in [3.63, 3.8) is 0 Å². The predicted octanol–water partition coefficient (Wildman–Crippen LogP) is 2.31. The Bertz CT molecular complexity index is 706. The van der Waals surface area contributed by atoms with Crippen LogP contribution in [-0.2, 0) is 16.1 Å². The average molecular weight is 344 g/mol. The van der Waals surface area contributed by atoms with Gasteiger partial charge in [-0.05, 0) is 45.6 Å². The first kappa shape index (κ1) is 17.7. The smallest absolute Gasteiger partial charge is 0.226 e. The zero-order valence-corrected chi connectivity index (χ0v) is 15.5. The maximum Gasteiger partial charge on any atom is 0.226 e. The maximum atomic E-state index is 12.3. The summed E-state index contributed by atoms with van der Waals surface area (Å²) in [5.74, 6) is 0.228. The molecule has 1 unspecified atom stereocenters. The normalized spacial score (nSPS) is 23.2. The van der Waals surface area contributed by atoms with Crippen LogP contribution in [0, 0.1) is 19.3 Å². The molecule has 0 spiro atoms. The lowest BCUT2D eigenvalue weighted by molar-refractivity contribution is -0.132. The second kappa shape index (κ2) is 7.02. The molecule has 1 saturated heterocycles. The minimum atomic E-state index is -0.0746. The Morgan fingerprint density at radius 3 is 2.88 bits per heavy atom. The standard InChI is InChI=1S/C19H28N4O2/c1-14-12-15(2)23(21-14)11-8-17(24)20-13-19-9-5-4-6-16(19)22(3)18(25)7-10-19/h6,12H,4-5,7-11,13H2,1-3H3,(H,20,24). The highest BCUT2D eigenvalue weighted by Crippen LogP contribution is 2.45. The number of nitrogens with one attached hydrogen (secondary N) is 1. The van der Waals surface area contributed by atoms with Crippen LogP contribution in [0.1, 0.15) is 49.9 Å². The molecule has 1 N–H and O–H groups in total. The molecule has 2 heterocycles. The molecule has 2 amide bonds. The third-order valence-corrected chi connectivity index (χ3v) is 5.57. The van der Waals surface area contributed by atoms with Crippen molar-refractivity contribution in [1.82, 2.24) is 20.0 Å². The Morgan fingerprint density at radius 2 is 2.16 bits per heavy atom. The highest BCUT2D eigenvalue weighted by atomic mass is 16.2. The SMILES string of the molecule is Cc1cc(C)n(CCC(=O)NCC23CCCC=C2N(C)C(=O)CC3)n1. The Morgan fingerprint density at radius 1 is 1.36 bits per heavy atom.